The summed E-state index contributed by atoms with van der Waals surface area (Å²) >= 11 is 0. The van der Waals surface area contributed by atoms with E-state index in [2.05, 4.69) is 0 Å². The number of nitrogens with zero attached hydrogens (tertiary/aromatic N) is 1. The number of carbonyl (C=O) groups is 1. The molecule has 1 saturated heterocycles. The second-order valence-electron chi connectivity index (χ2n) is 3.46. The van der Waals surface area contributed by atoms with Crippen molar-refractivity contribution < 1.29 is 18.3 Å². The van der Waals surface area contributed by atoms with E-state index in [9.17, 15) is 13.2 Å². The molecule has 1 rings (SSSR count). The van der Waals surface area contributed by atoms with Crippen LogP contribution in [0.3, 0.4) is 0 Å². The molecule has 3 N–H and O–H groups in total. The monoisotopic (exact) mass is 222 g/mol. The van der Waals surface area contributed by atoms with E-state index < -0.39 is 10.0 Å². The maximum atomic E-state index is 11.2. The highest BCUT2D eigenvalue weighted by atomic mass is 32.2. The van der Waals surface area contributed by atoms with Gasteiger partial charge in [-0.25, -0.2) is 13.6 Å². The Kier molecular flexibility index (Phi) is 3.46. The van der Waals surface area contributed by atoms with Crippen molar-refractivity contribution in [2.45, 2.75) is 6.42 Å². The van der Waals surface area contributed by atoms with Crippen LogP contribution in [0.15, 0.2) is 0 Å². The van der Waals surface area contributed by atoms with E-state index in [1.165, 1.54) is 4.90 Å². The summed E-state index contributed by atoms with van der Waals surface area (Å²) in [6.07, 6.45) is 0.293. The molecule has 0 spiro atoms. The molecule has 7 heteroatoms. The second-order valence-corrected chi connectivity index (χ2v) is 5.19. The Balaban J connectivity index is 2.43. The Morgan fingerprint density at radius 3 is 2.64 bits per heavy atom. The average Bonchev–Trinajstić information content (AvgIpc) is 2.42. The number of nitrogens with two attached hydrogens (primary N) is 1. The van der Waals surface area contributed by atoms with Crippen molar-refractivity contribution in [3.05, 3.63) is 0 Å². The number of aliphatic hydroxyl groups is 1. The van der Waals surface area contributed by atoms with Gasteiger partial charge in [0.2, 0.25) is 15.9 Å². The summed E-state index contributed by atoms with van der Waals surface area (Å²) < 4.78 is 21.3. The van der Waals surface area contributed by atoms with Crippen LogP contribution in [0.2, 0.25) is 0 Å². The molecule has 0 aromatic heterocycles. The third kappa shape index (κ3) is 3.24. The van der Waals surface area contributed by atoms with Gasteiger partial charge >= 0.3 is 0 Å². The lowest BCUT2D eigenvalue weighted by atomic mass is 10.1. The normalized spacial score (nSPS) is 23.1. The minimum absolute atomic E-state index is 0.0440. The molecule has 1 aliphatic rings. The number of amides is 1. The van der Waals surface area contributed by atoms with Crippen molar-refractivity contribution in [2.75, 3.05) is 25.4 Å². The van der Waals surface area contributed by atoms with Gasteiger partial charge < -0.3 is 10.0 Å². The predicted octanol–water partition coefficient (Wildman–Crippen LogP) is -1.88. The van der Waals surface area contributed by atoms with Gasteiger partial charge in [-0.05, 0) is 0 Å². The fraction of sp³-hybridized carbons (Fsp3) is 0.857. The molecule has 1 unspecified atom stereocenters. The Bertz CT molecular complexity index is 314. The summed E-state index contributed by atoms with van der Waals surface area (Å²) in [5, 5.41) is 13.6. The molecule has 0 radical (unpaired) electrons. The predicted molar refractivity (Wildman–Crippen MR) is 49.7 cm³/mol. The Labute approximate surface area is 82.7 Å². The zero-order valence-corrected chi connectivity index (χ0v) is 8.53. The van der Waals surface area contributed by atoms with Crippen molar-refractivity contribution in [1.29, 1.82) is 0 Å². The van der Waals surface area contributed by atoms with Crippen molar-refractivity contribution in [3.8, 4) is 0 Å². The molecule has 1 amide bonds. The van der Waals surface area contributed by atoms with Crippen molar-refractivity contribution in [2.24, 2.45) is 11.1 Å². The summed E-state index contributed by atoms with van der Waals surface area (Å²) in [6, 6.07) is 0. The van der Waals surface area contributed by atoms with Gasteiger partial charge in [0, 0.05) is 32.0 Å². The lowest BCUT2D eigenvalue weighted by Gasteiger charge is -2.14. The largest absolute Gasteiger partial charge is 0.396 e. The summed E-state index contributed by atoms with van der Waals surface area (Å²) in [6.45, 7) is 0.497. The molecule has 0 bridgehead atoms. The highest BCUT2D eigenvalue weighted by Gasteiger charge is 2.29. The van der Waals surface area contributed by atoms with Crippen LogP contribution >= 0.6 is 0 Å². The zero-order chi connectivity index (χ0) is 10.8. The first kappa shape index (κ1) is 11.4. The Morgan fingerprint density at radius 1 is 1.57 bits per heavy atom. The second kappa shape index (κ2) is 4.24. The van der Waals surface area contributed by atoms with Gasteiger partial charge in [-0.3, -0.25) is 4.79 Å². The van der Waals surface area contributed by atoms with Crippen LogP contribution in [0, 0.1) is 5.92 Å². The lowest BCUT2D eigenvalue weighted by molar-refractivity contribution is -0.127. The molecular formula is C7H14N2O4S. The minimum Gasteiger partial charge on any atom is -0.396 e. The van der Waals surface area contributed by atoms with Gasteiger partial charge in [-0.2, -0.15) is 0 Å². The molecule has 0 aliphatic carbocycles. The maximum Gasteiger partial charge on any atom is 0.223 e. The van der Waals surface area contributed by atoms with Gasteiger partial charge in [0.15, 0.2) is 0 Å². The highest BCUT2D eigenvalue weighted by molar-refractivity contribution is 7.89. The third-order valence-electron chi connectivity index (χ3n) is 2.20. The van der Waals surface area contributed by atoms with Crippen LogP contribution in [-0.4, -0.2) is 49.8 Å². The number of hydrogen-bond acceptors (Lipinski definition) is 4. The standard InChI is InChI=1S/C7H14N2O4S/c8-14(12,13)2-1-9-4-6(5-10)3-7(9)11/h6,10H,1-5H2,(H2,8,12,13). The van der Waals surface area contributed by atoms with E-state index in [0.29, 0.717) is 13.0 Å². The van der Waals surface area contributed by atoms with E-state index in [1.807, 2.05) is 0 Å². The lowest BCUT2D eigenvalue weighted by Crippen LogP contribution is -2.33. The number of hydrogen-bond donors (Lipinski definition) is 2. The number of sulfonamides is 1. The van der Waals surface area contributed by atoms with Gasteiger partial charge in [-0.1, -0.05) is 0 Å². The molecule has 0 aromatic carbocycles. The zero-order valence-electron chi connectivity index (χ0n) is 7.72. The highest BCUT2D eigenvalue weighted by Crippen LogP contribution is 2.16. The SMILES string of the molecule is NS(=O)(=O)CCN1CC(CO)CC1=O. The molecule has 82 valence electrons. The molecule has 1 aliphatic heterocycles. The molecule has 14 heavy (non-hydrogen) atoms. The van der Waals surface area contributed by atoms with Gasteiger partial charge in [0.05, 0.1) is 5.75 Å². The minimum atomic E-state index is -3.52. The maximum absolute atomic E-state index is 11.2. The topological polar surface area (TPSA) is 101 Å². The fourth-order valence-corrected chi connectivity index (χ4v) is 1.90. The Morgan fingerprint density at radius 2 is 2.21 bits per heavy atom. The third-order valence-corrected chi connectivity index (χ3v) is 2.95. The van der Waals surface area contributed by atoms with E-state index in [0.717, 1.165) is 0 Å². The molecule has 0 saturated carbocycles. The number of aliphatic hydroxyl groups excluding tert-OH is 1. The van der Waals surface area contributed by atoms with Crippen LogP contribution in [0.4, 0.5) is 0 Å². The molecular weight excluding hydrogens is 208 g/mol. The average molecular weight is 222 g/mol. The quantitative estimate of drug-likeness (QED) is 0.581. The Hall–Kier alpha value is -0.660. The summed E-state index contributed by atoms with van der Waals surface area (Å²) in [4.78, 5) is 12.7. The van der Waals surface area contributed by atoms with Gasteiger partial charge in [0.1, 0.15) is 0 Å². The van der Waals surface area contributed by atoms with E-state index in [-0.39, 0.29) is 30.7 Å². The molecule has 1 heterocycles. The number of likely N-dealkylation sites (tertiary alicyclic amines) is 1. The smallest absolute Gasteiger partial charge is 0.223 e. The molecule has 6 nitrogen and oxygen atoms in total. The first-order valence-corrected chi connectivity index (χ1v) is 6.03. The summed E-state index contributed by atoms with van der Waals surface area (Å²) in [5.74, 6) is -0.410. The van der Waals surface area contributed by atoms with Crippen LogP contribution in [0.5, 0.6) is 0 Å². The van der Waals surface area contributed by atoms with E-state index in [4.69, 9.17) is 10.2 Å². The first-order valence-electron chi connectivity index (χ1n) is 4.31. The van der Waals surface area contributed by atoms with E-state index in [1.54, 1.807) is 0 Å². The van der Waals surface area contributed by atoms with Crippen LogP contribution in [0.1, 0.15) is 6.42 Å². The van der Waals surface area contributed by atoms with E-state index >= 15 is 0 Å². The van der Waals surface area contributed by atoms with Crippen molar-refractivity contribution >= 4 is 15.9 Å². The van der Waals surface area contributed by atoms with Crippen LogP contribution in [-0.2, 0) is 14.8 Å². The summed E-state index contributed by atoms with van der Waals surface area (Å²) in [7, 11) is -3.52. The number of primary sulfonamides is 1. The van der Waals surface area contributed by atoms with Crippen molar-refractivity contribution in [3.63, 3.8) is 0 Å². The van der Waals surface area contributed by atoms with Crippen LogP contribution < -0.4 is 5.14 Å². The van der Waals surface area contributed by atoms with Crippen molar-refractivity contribution in [1.82, 2.24) is 4.90 Å². The number of carbonyl (C=O) groups excluding carboxylic acids is 1. The van der Waals surface area contributed by atoms with Gasteiger partial charge in [-0.15, -0.1) is 0 Å². The molecule has 1 atom stereocenters. The summed E-state index contributed by atoms with van der Waals surface area (Å²) in [5.41, 5.74) is 0. The first-order chi connectivity index (χ1) is 6.42. The van der Waals surface area contributed by atoms with Crippen LogP contribution in [0.25, 0.3) is 0 Å². The molecule has 0 aromatic rings. The van der Waals surface area contributed by atoms with Gasteiger partial charge in [0.25, 0.3) is 0 Å². The fourth-order valence-electron chi connectivity index (χ4n) is 1.43. The molecule has 1 fully saturated rings. The number of rotatable bonds is 4.